The molecule has 1 saturated heterocycles. The number of hydrazine groups is 1. The summed E-state index contributed by atoms with van der Waals surface area (Å²) in [7, 11) is 0. The van der Waals surface area contributed by atoms with Gasteiger partial charge in [-0.2, -0.15) is 0 Å². The van der Waals surface area contributed by atoms with Gasteiger partial charge >= 0.3 is 0 Å². The van der Waals surface area contributed by atoms with E-state index in [1.807, 2.05) is 32.0 Å². The second kappa shape index (κ2) is 7.39. The van der Waals surface area contributed by atoms with E-state index < -0.39 is 11.8 Å². The molecule has 2 N–H and O–H groups in total. The summed E-state index contributed by atoms with van der Waals surface area (Å²) in [6, 6.07) is 14.5. The predicted molar refractivity (Wildman–Crippen MR) is 98.4 cm³/mol. The lowest BCUT2D eigenvalue weighted by molar-refractivity contribution is -0.126. The molecule has 1 fully saturated rings. The molecular formula is C20H21N3O3. The van der Waals surface area contributed by atoms with E-state index >= 15 is 0 Å². The minimum Gasteiger partial charge on any atom is -0.311 e. The summed E-state index contributed by atoms with van der Waals surface area (Å²) >= 11 is 0. The van der Waals surface area contributed by atoms with Gasteiger partial charge in [0.15, 0.2) is 0 Å². The van der Waals surface area contributed by atoms with Gasteiger partial charge in [0.2, 0.25) is 11.8 Å². The van der Waals surface area contributed by atoms with Gasteiger partial charge in [-0.25, -0.2) is 0 Å². The predicted octanol–water partition coefficient (Wildman–Crippen LogP) is 2.12. The Morgan fingerprint density at radius 3 is 2.46 bits per heavy atom. The molecule has 0 bridgehead atoms. The summed E-state index contributed by atoms with van der Waals surface area (Å²) in [5.41, 5.74) is 8.21. The highest BCUT2D eigenvalue weighted by molar-refractivity contribution is 6.01. The third kappa shape index (κ3) is 3.74. The van der Waals surface area contributed by atoms with E-state index in [0.717, 1.165) is 16.8 Å². The SMILES string of the molecule is Cc1ccc(N2C[C@@H](C(=O)NNC(=O)c3ccccc3)CC2=O)c(C)c1. The molecule has 1 heterocycles. The molecule has 0 unspecified atom stereocenters. The molecular weight excluding hydrogens is 330 g/mol. The van der Waals surface area contributed by atoms with E-state index in [9.17, 15) is 14.4 Å². The van der Waals surface area contributed by atoms with Crippen molar-refractivity contribution in [2.24, 2.45) is 5.92 Å². The van der Waals surface area contributed by atoms with Gasteiger partial charge in [-0.1, -0.05) is 35.9 Å². The standard InChI is InChI=1S/C20H21N3O3/c1-13-8-9-17(14(2)10-13)23-12-16(11-18(23)24)20(26)22-21-19(25)15-6-4-3-5-7-15/h3-10,16H,11-12H2,1-2H3,(H,21,25)(H,22,26)/t16-/m0/s1. The van der Waals surface area contributed by atoms with Crippen molar-refractivity contribution in [3.8, 4) is 0 Å². The maximum absolute atomic E-state index is 12.3. The van der Waals surface area contributed by atoms with Gasteiger partial charge in [0.05, 0.1) is 5.92 Å². The molecule has 26 heavy (non-hydrogen) atoms. The number of anilines is 1. The quantitative estimate of drug-likeness (QED) is 0.832. The van der Waals surface area contributed by atoms with Crippen molar-refractivity contribution in [3.63, 3.8) is 0 Å². The minimum atomic E-state index is -0.501. The summed E-state index contributed by atoms with van der Waals surface area (Å²) in [6.45, 7) is 4.24. The number of rotatable bonds is 3. The van der Waals surface area contributed by atoms with Gasteiger partial charge in [0.25, 0.3) is 5.91 Å². The zero-order chi connectivity index (χ0) is 18.7. The van der Waals surface area contributed by atoms with Crippen LogP contribution in [0.2, 0.25) is 0 Å². The number of hydrogen-bond donors (Lipinski definition) is 2. The lowest BCUT2D eigenvalue weighted by Gasteiger charge is -2.19. The Bertz CT molecular complexity index is 849. The van der Waals surface area contributed by atoms with Crippen LogP contribution in [-0.2, 0) is 9.59 Å². The highest BCUT2D eigenvalue weighted by Gasteiger charge is 2.35. The fourth-order valence-corrected chi connectivity index (χ4v) is 3.11. The highest BCUT2D eigenvalue weighted by Crippen LogP contribution is 2.28. The molecule has 3 amide bonds. The molecule has 1 aliphatic heterocycles. The monoisotopic (exact) mass is 351 g/mol. The number of nitrogens with zero attached hydrogens (tertiary/aromatic N) is 1. The molecule has 6 heteroatoms. The lowest BCUT2D eigenvalue weighted by Crippen LogP contribution is -2.45. The number of aryl methyl sites for hydroxylation is 2. The van der Waals surface area contributed by atoms with Crippen LogP contribution >= 0.6 is 0 Å². The first kappa shape index (κ1) is 17.7. The van der Waals surface area contributed by atoms with Crippen LogP contribution in [0.1, 0.15) is 27.9 Å². The van der Waals surface area contributed by atoms with Crippen LogP contribution in [0.3, 0.4) is 0 Å². The Kier molecular flexibility index (Phi) is 5.02. The minimum absolute atomic E-state index is 0.0912. The molecule has 1 aliphatic rings. The molecule has 134 valence electrons. The van der Waals surface area contributed by atoms with Gasteiger partial charge < -0.3 is 4.90 Å². The second-order valence-electron chi connectivity index (χ2n) is 6.50. The number of amides is 3. The molecule has 2 aromatic rings. The van der Waals surface area contributed by atoms with Crippen LogP contribution in [0.4, 0.5) is 5.69 Å². The lowest BCUT2D eigenvalue weighted by atomic mass is 10.1. The van der Waals surface area contributed by atoms with E-state index in [1.54, 1.807) is 35.2 Å². The van der Waals surface area contributed by atoms with Crippen molar-refractivity contribution < 1.29 is 14.4 Å². The van der Waals surface area contributed by atoms with Crippen LogP contribution in [0.5, 0.6) is 0 Å². The summed E-state index contributed by atoms with van der Waals surface area (Å²) in [5.74, 6) is -1.35. The van der Waals surface area contributed by atoms with E-state index in [0.29, 0.717) is 12.1 Å². The van der Waals surface area contributed by atoms with Crippen LogP contribution in [0.25, 0.3) is 0 Å². The third-order valence-electron chi connectivity index (χ3n) is 4.47. The maximum Gasteiger partial charge on any atom is 0.269 e. The molecule has 0 saturated carbocycles. The summed E-state index contributed by atoms with van der Waals surface area (Å²) in [6.07, 6.45) is 0.125. The number of benzene rings is 2. The summed E-state index contributed by atoms with van der Waals surface area (Å²) < 4.78 is 0. The van der Waals surface area contributed by atoms with Crippen LogP contribution in [-0.4, -0.2) is 24.3 Å². The average molecular weight is 351 g/mol. The Morgan fingerprint density at radius 1 is 1.04 bits per heavy atom. The van der Waals surface area contributed by atoms with E-state index in [4.69, 9.17) is 0 Å². The average Bonchev–Trinajstić information content (AvgIpc) is 3.02. The Hall–Kier alpha value is -3.15. The number of hydrogen-bond acceptors (Lipinski definition) is 3. The Morgan fingerprint density at radius 2 is 1.77 bits per heavy atom. The Balaban J connectivity index is 1.61. The van der Waals surface area contributed by atoms with Gasteiger partial charge in [-0.3, -0.25) is 25.2 Å². The first-order chi connectivity index (χ1) is 12.5. The largest absolute Gasteiger partial charge is 0.311 e. The van der Waals surface area contributed by atoms with Crippen LogP contribution in [0, 0.1) is 19.8 Å². The molecule has 0 aliphatic carbocycles. The van der Waals surface area contributed by atoms with Crippen molar-refractivity contribution in [1.29, 1.82) is 0 Å². The molecule has 0 aromatic heterocycles. The van der Waals surface area contributed by atoms with Gasteiger partial charge in [-0.15, -0.1) is 0 Å². The topological polar surface area (TPSA) is 78.5 Å². The summed E-state index contributed by atoms with van der Waals surface area (Å²) in [4.78, 5) is 38.3. The molecule has 0 radical (unpaired) electrons. The molecule has 0 spiro atoms. The van der Waals surface area contributed by atoms with E-state index in [1.165, 1.54) is 0 Å². The second-order valence-corrected chi connectivity index (χ2v) is 6.50. The van der Waals surface area contributed by atoms with Gasteiger partial charge in [0, 0.05) is 24.2 Å². The van der Waals surface area contributed by atoms with Crippen LogP contribution in [0.15, 0.2) is 48.5 Å². The third-order valence-corrected chi connectivity index (χ3v) is 4.47. The summed E-state index contributed by atoms with van der Waals surface area (Å²) in [5, 5.41) is 0. The highest BCUT2D eigenvalue weighted by atomic mass is 16.2. The van der Waals surface area contributed by atoms with Crippen molar-refractivity contribution >= 4 is 23.4 Å². The first-order valence-electron chi connectivity index (χ1n) is 8.48. The van der Waals surface area contributed by atoms with E-state index in [2.05, 4.69) is 10.9 Å². The fourth-order valence-electron chi connectivity index (χ4n) is 3.11. The number of nitrogens with one attached hydrogen (secondary N) is 2. The molecule has 3 rings (SSSR count). The van der Waals surface area contributed by atoms with Gasteiger partial charge in [-0.05, 0) is 37.6 Å². The van der Waals surface area contributed by atoms with Crippen molar-refractivity contribution in [1.82, 2.24) is 10.9 Å². The fraction of sp³-hybridized carbons (Fsp3) is 0.250. The molecule has 6 nitrogen and oxygen atoms in total. The Labute approximate surface area is 152 Å². The van der Waals surface area contributed by atoms with Gasteiger partial charge in [0.1, 0.15) is 0 Å². The number of carbonyl (C=O) groups excluding carboxylic acids is 3. The van der Waals surface area contributed by atoms with Crippen molar-refractivity contribution in [2.45, 2.75) is 20.3 Å². The van der Waals surface area contributed by atoms with Crippen LogP contribution < -0.4 is 15.8 Å². The smallest absolute Gasteiger partial charge is 0.269 e. The molecule has 2 aromatic carbocycles. The van der Waals surface area contributed by atoms with Crippen molar-refractivity contribution in [3.05, 3.63) is 65.2 Å². The molecule has 1 atom stereocenters. The first-order valence-corrected chi connectivity index (χ1v) is 8.48. The maximum atomic E-state index is 12.3. The normalized spacial score (nSPS) is 16.5. The van der Waals surface area contributed by atoms with E-state index in [-0.39, 0.29) is 18.2 Å². The number of carbonyl (C=O) groups is 3. The zero-order valence-electron chi connectivity index (χ0n) is 14.8. The zero-order valence-corrected chi connectivity index (χ0v) is 14.8. The van der Waals surface area contributed by atoms with Crippen molar-refractivity contribution in [2.75, 3.05) is 11.4 Å².